The molecule has 3 aromatic rings. The number of anilines is 2. The Morgan fingerprint density at radius 3 is 2.47 bits per heavy atom. The Labute approximate surface area is 215 Å². The Hall–Kier alpha value is -3.53. The van der Waals surface area contributed by atoms with Gasteiger partial charge in [0.05, 0.1) is 29.4 Å². The fraction of sp³-hybridized carbons (Fsp3) is 0.292. The van der Waals surface area contributed by atoms with Gasteiger partial charge in [-0.3, -0.25) is 9.78 Å². The third kappa shape index (κ3) is 7.00. The second kappa shape index (κ2) is 11.9. The van der Waals surface area contributed by atoms with Gasteiger partial charge >= 0.3 is 0 Å². The van der Waals surface area contributed by atoms with Gasteiger partial charge in [-0.05, 0) is 30.7 Å². The van der Waals surface area contributed by atoms with E-state index in [0.717, 1.165) is 5.69 Å². The van der Waals surface area contributed by atoms with Crippen molar-refractivity contribution < 1.29 is 13.2 Å². The summed E-state index contributed by atoms with van der Waals surface area (Å²) in [5, 5.41) is 12.7. The SMILES string of the molecule is CCCS(=O)(=O)N(C)Cc1cccc(CSc2nc(N)c(C#N)c(-c3ccc(NC(C)=O)cc3)n2)n1. The molecular formula is C24H27N7O3S2. The largest absolute Gasteiger partial charge is 0.382 e. The third-order valence-corrected chi connectivity index (χ3v) is 7.93. The van der Waals surface area contributed by atoms with E-state index in [9.17, 15) is 18.5 Å². The molecule has 36 heavy (non-hydrogen) atoms. The van der Waals surface area contributed by atoms with Crippen molar-refractivity contribution in [2.24, 2.45) is 0 Å². The van der Waals surface area contributed by atoms with E-state index in [1.807, 2.05) is 19.1 Å². The fourth-order valence-electron chi connectivity index (χ4n) is 3.33. The molecule has 3 rings (SSSR count). The molecule has 0 spiro atoms. The lowest BCUT2D eigenvalue weighted by Crippen LogP contribution is -2.29. The van der Waals surface area contributed by atoms with Crippen LogP contribution in [0, 0.1) is 11.3 Å². The number of amides is 1. The van der Waals surface area contributed by atoms with Gasteiger partial charge in [0, 0.05) is 31.0 Å². The number of carbonyl (C=O) groups is 1. The zero-order valence-corrected chi connectivity index (χ0v) is 21.9. The fourth-order valence-corrected chi connectivity index (χ4v) is 5.24. The summed E-state index contributed by atoms with van der Waals surface area (Å²) in [6, 6.07) is 14.4. The number of hydrogen-bond acceptors (Lipinski definition) is 9. The zero-order chi connectivity index (χ0) is 26.3. The highest BCUT2D eigenvalue weighted by Crippen LogP contribution is 2.29. The summed E-state index contributed by atoms with van der Waals surface area (Å²) in [5.41, 5.74) is 9.27. The van der Waals surface area contributed by atoms with Crippen LogP contribution in [0.4, 0.5) is 11.5 Å². The average Bonchev–Trinajstić information content (AvgIpc) is 2.83. The molecule has 0 aliphatic rings. The van der Waals surface area contributed by atoms with Crippen LogP contribution >= 0.6 is 11.8 Å². The molecule has 1 amide bonds. The number of benzene rings is 1. The first-order valence-corrected chi connectivity index (χ1v) is 13.7. The standard InChI is InChI=1S/C24H27N7O3S2/c1-4-12-36(33,34)31(3)14-19-6-5-7-20(28-19)15-35-24-29-22(21(13-25)23(26)30-24)17-8-10-18(11-9-17)27-16(2)32/h5-11H,4,12,14-15H2,1-3H3,(H,27,32)(H2,26,29,30). The van der Waals surface area contributed by atoms with Crippen LogP contribution in [-0.4, -0.2) is 46.4 Å². The van der Waals surface area contributed by atoms with Crippen molar-refractivity contribution in [3.63, 3.8) is 0 Å². The highest BCUT2D eigenvalue weighted by molar-refractivity contribution is 7.98. The van der Waals surface area contributed by atoms with Crippen LogP contribution in [0.1, 0.15) is 37.2 Å². The molecule has 0 unspecified atom stereocenters. The van der Waals surface area contributed by atoms with E-state index in [0.29, 0.717) is 40.0 Å². The van der Waals surface area contributed by atoms with Gasteiger partial charge in [-0.25, -0.2) is 18.4 Å². The summed E-state index contributed by atoms with van der Waals surface area (Å²) in [6.45, 7) is 3.43. The Bertz CT molecular complexity index is 1390. The molecule has 0 bridgehead atoms. The van der Waals surface area contributed by atoms with Gasteiger partial charge in [0.2, 0.25) is 15.9 Å². The van der Waals surface area contributed by atoms with Gasteiger partial charge in [-0.15, -0.1) is 0 Å². The van der Waals surface area contributed by atoms with E-state index in [-0.39, 0.29) is 29.6 Å². The molecule has 2 aromatic heterocycles. The number of thioether (sulfide) groups is 1. The van der Waals surface area contributed by atoms with Gasteiger partial charge in [-0.1, -0.05) is 36.9 Å². The molecule has 0 atom stereocenters. The van der Waals surface area contributed by atoms with E-state index in [2.05, 4.69) is 26.3 Å². The molecule has 0 aliphatic heterocycles. The molecule has 12 heteroatoms. The number of sulfonamides is 1. The lowest BCUT2D eigenvalue weighted by molar-refractivity contribution is -0.114. The summed E-state index contributed by atoms with van der Waals surface area (Å²) >= 11 is 1.31. The van der Waals surface area contributed by atoms with Gasteiger partial charge in [0.1, 0.15) is 17.5 Å². The zero-order valence-electron chi connectivity index (χ0n) is 20.2. The topological polar surface area (TPSA) is 155 Å². The molecule has 0 saturated heterocycles. The van der Waals surface area contributed by atoms with Crippen molar-refractivity contribution in [2.75, 3.05) is 23.9 Å². The maximum absolute atomic E-state index is 12.3. The molecule has 3 N–H and O–H groups in total. The number of aromatic nitrogens is 3. The predicted octanol–water partition coefficient (Wildman–Crippen LogP) is 3.41. The minimum absolute atomic E-state index is 0.0698. The van der Waals surface area contributed by atoms with Gasteiger partial charge in [0.15, 0.2) is 5.16 Å². The molecule has 10 nitrogen and oxygen atoms in total. The minimum atomic E-state index is -3.32. The van der Waals surface area contributed by atoms with Crippen molar-refractivity contribution in [3.8, 4) is 17.3 Å². The maximum Gasteiger partial charge on any atom is 0.221 e. The molecule has 0 fully saturated rings. The second-order valence-electron chi connectivity index (χ2n) is 7.97. The number of nitrogens with zero attached hydrogens (tertiary/aromatic N) is 5. The highest BCUT2D eigenvalue weighted by Gasteiger charge is 2.18. The van der Waals surface area contributed by atoms with E-state index < -0.39 is 10.0 Å². The van der Waals surface area contributed by atoms with Crippen LogP contribution in [0.15, 0.2) is 47.6 Å². The first-order chi connectivity index (χ1) is 17.1. The Morgan fingerprint density at radius 1 is 1.14 bits per heavy atom. The van der Waals surface area contributed by atoms with Crippen molar-refractivity contribution in [1.29, 1.82) is 5.26 Å². The van der Waals surface area contributed by atoms with Crippen LogP contribution in [-0.2, 0) is 27.1 Å². The molecule has 0 radical (unpaired) electrons. The Morgan fingerprint density at radius 2 is 1.83 bits per heavy atom. The second-order valence-corrected chi connectivity index (χ2v) is 11.1. The predicted molar refractivity (Wildman–Crippen MR) is 140 cm³/mol. The van der Waals surface area contributed by atoms with Crippen LogP contribution in [0.2, 0.25) is 0 Å². The first kappa shape index (κ1) is 27.1. The van der Waals surface area contributed by atoms with Crippen LogP contribution in [0.25, 0.3) is 11.3 Å². The molecule has 0 saturated carbocycles. The van der Waals surface area contributed by atoms with E-state index in [1.165, 1.54) is 23.0 Å². The Kier molecular flexibility index (Phi) is 8.98. The van der Waals surface area contributed by atoms with Gasteiger partial charge in [0.25, 0.3) is 0 Å². The van der Waals surface area contributed by atoms with Gasteiger partial charge < -0.3 is 11.1 Å². The van der Waals surface area contributed by atoms with Crippen molar-refractivity contribution in [1.82, 2.24) is 19.3 Å². The number of rotatable bonds is 10. The molecule has 0 aliphatic carbocycles. The average molecular weight is 526 g/mol. The first-order valence-electron chi connectivity index (χ1n) is 11.1. The number of pyridine rings is 1. The van der Waals surface area contributed by atoms with Crippen LogP contribution in [0.3, 0.4) is 0 Å². The normalized spacial score (nSPS) is 11.3. The van der Waals surface area contributed by atoms with Gasteiger partial charge in [-0.2, -0.15) is 9.57 Å². The summed E-state index contributed by atoms with van der Waals surface area (Å²) in [5.74, 6) is 0.401. The van der Waals surface area contributed by atoms with Crippen LogP contribution < -0.4 is 11.1 Å². The molecular weight excluding hydrogens is 498 g/mol. The Balaban J connectivity index is 1.78. The summed E-state index contributed by atoms with van der Waals surface area (Å²) in [7, 11) is -1.77. The number of nitrogens with one attached hydrogen (secondary N) is 1. The molecule has 1 aromatic carbocycles. The van der Waals surface area contributed by atoms with E-state index >= 15 is 0 Å². The number of nitrogen functional groups attached to an aromatic ring is 1. The smallest absolute Gasteiger partial charge is 0.221 e. The monoisotopic (exact) mass is 525 g/mol. The summed E-state index contributed by atoms with van der Waals surface area (Å²) in [4.78, 5) is 24.6. The van der Waals surface area contributed by atoms with Crippen molar-refractivity contribution in [3.05, 3.63) is 59.4 Å². The molecule has 188 valence electrons. The van der Waals surface area contributed by atoms with Crippen molar-refractivity contribution >= 4 is 39.2 Å². The van der Waals surface area contributed by atoms with Crippen LogP contribution in [0.5, 0.6) is 0 Å². The number of hydrogen-bond donors (Lipinski definition) is 2. The lowest BCUT2D eigenvalue weighted by atomic mass is 10.1. The van der Waals surface area contributed by atoms with E-state index in [4.69, 9.17) is 5.73 Å². The maximum atomic E-state index is 12.3. The van der Waals surface area contributed by atoms with E-state index in [1.54, 1.807) is 37.4 Å². The van der Waals surface area contributed by atoms with Crippen molar-refractivity contribution in [2.45, 2.75) is 37.7 Å². The number of nitrogens with two attached hydrogens (primary N) is 1. The number of carbonyl (C=O) groups excluding carboxylic acids is 1. The molecule has 2 heterocycles. The quantitative estimate of drug-likeness (QED) is 0.299. The number of nitriles is 1. The third-order valence-electron chi connectivity index (χ3n) is 5.04. The lowest BCUT2D eigenvalue weighted by Gasteiger charge is -2.16. The summed E-state index contributed by atoms with van der Waals surface area (Å²) < 4.78 is 25.8. The summed E-state index contributed by atoms with van der Waals surface area (Å²) in [6.07, 6.45) is 0.548. The minimum Gasteiger partial charge on any atom is -0.382 e. The highest BCUT2D eigenvalue weighted by atomic mass is 32.2.